The molecule has 3 aromatic carbocycles. The Morgan fingerprint density at radius 3 is 2.39 bits per heavy atom. The van der Waals surface area contributed by atoms with Crippen molar-refractivity contribution >= 4 is 39.2 Å². The van der Waals surface area contributed by atoms with Gasteiger partial charge in [0.2, 0.25) is 0 Å². The number of hydrogen-bond acceptors (Lipinski definition) is 5. The van der Waals surface area contributed by atoms with Crippen LogP contribution in [0, 0.1) is 0 Å². The average molecular weight is 505 g/mol. The molecular weight excluding hydrogens is 482 g/mol. The van der Waals surface area contributed by atoms with E-state index in [4.69, 9.17) is 25.8 Å². The number of esters is 1. The van der Waals surface area contributed by atoms with Crippen molar-refractivity contribution in [1.82, 2.24) is 0 Å². The summed E-state index contributed by atoms with van der Waals surface area (Å²) in [5, 5.41) is 4.03. The van der Waals surface area contributed by atoms with Crippen LogP contribution in [0.4, 0.5) is 5.69 Å². The summed E-state index contributed by atoms with van der Waals surface area (Å²) in [6.07, 6.45) is 0. The van der Waals surface area contributed by atoms with Crippen LogP contribution in [0.2, 0.25) is 5.02 Å². The summed E-state index contributed by atoms with van der Waals surface area (Å²) < 4.78 is 17.3. The van der Waals surface area contributed by atoms with Gasteiger partial charge < -0.3 is 19.5 Å². The lowest BCUT2D eigenvalue weighted by atomic mass is 10.1. The van der Waals surface area contributed by atoms with E-state index in [0.29, 0.717) is 41.8 Å². The maximum absolute atomic E-state index is 11.8. The molecule has 7 heteroatoms. The molecule has 0 radical (unpaired) electrons. The number of hydrogen-bond donors (Lipinski definition) is 1. The molecule has 0 saturated heterocycles. The van der Waals surface area contributed by atoms with Crippen molar-refractivity contribution in [2.45, 2.75) is 20.1 Å². The third-order valence-electron chi connectivity index (χ3n) is 4.48. The average Bonchev–Trinajstić information content (AvgIpc) is 2.78. The summed E-state index contributed by atoms with van der Waals surface area (Å²) in [5.41, 5.74) is 3.44. The number of rotatable bonds is 9. The predicted octanol–water partition coefficient (Wildman–Crippen LogP) is 6.48. The predicted molar refractivity (Wildman–Crippen MR) is 126 cm³/mol. The lowest BCUT2D eigenvalue weighted by molar-refractivity contribution is 0.0526. The van der Waals surface area contributed by atoms with Gasteiger partial charge in [-0.3, -0.25) is 0 Å². The molecule has 0 unspecified atom stereocenters. The molecule has 3 rings (SSSR count). The molecule has 3 aromatic rings. The Hall–Kier alpha value is -2.70. The van der Waals surface area contributed by atoms with E-state index in [1.165, 1.54) is 0 Å². The van der Waals surface area contributed by atoms with E-state index in [-0.39, 0.29) is 5.97 Å². The maximum atomic E-state index is 11.8. The molecule has 0 aliphatic heterocycles. The Morgan fingerprint density at radius 2 is 1.74 bits per heavy atom. The topological polar surface area (TPSA) is 56.8 Å². The Labute approximate surface area is 195 Å². The summed E-state index contributed by atoms with van der Waals surface area (Å²) in [4.78, 5) is 11.8. The minimum absolute atomic E-state index is 0.322. The molecule has 0 heterocycles. The molecule has 31 heavy (non-hydrogen) atoms. The smallest absolute Gasteiger partial charge is 0.338 e. The molecule has 0 spiro atoms. The Morgan fingerprint density at radius 1 is 1.03 bits per heavy atom. The van der Waals surface area contributed by atoms with Gasteiger partial charge in [0, 0.05) is 17.3 Å². The Bertz CT molecular complexity index is 1020. The zero-order chi connectivity index (χ0) is 22.2. The van der Waals surface area contributed by atoms with E-state index < -0.39 is 0 Å². The third kappa shape index (κ3) is 6.39. The van der Waals surface area contributed by atoms with Crippen molar-refractivity contribution in [3.8, 4) is 11.5 Å². The number of methoxy groups -OCH3 is 1. The van der Waals surface area contributed by atoms with Crippen LogP contribution < -0.4 is 14.8 Å². The lowest BCUT2D eigenvalue weighted by Crippen LogP contribution is -2.05. The van der Waals surface area contributed by atoms with E-state index in [1.54, 1.807) is 26.2 Å². The molecule has 0 aliphatic carbocycles. The van der Waals surface area contributed by atoms with Crippen LogP contribution in [0.15, 0.2) is 65.1 Å². The van der Waals surface area contributed by atoms with Gasteiger partial charge in [-0.15, -0.1) is 0 Å². The van der Waals surface area contributed by atoms with E-state index in [2.05, 4.69) is 21.2 Å². The standard InChI is InChI=1S/C24H23BrClNO4/c1-3-30-24(28)18-6-10-20(11-7-18)27-14-17-12-21(25)23(22(13-17)29-2)31-15-16-4-8-19(26)9-5-16/h4-13,27H,3,14-15H2,1-2H3. The van der Waals surface area contributed by atoms with Crippen LogP contribution in [0.3, 0.4) is 0 Å². The SMILES string of the molecule is CCOC(=O)c1ccc(NCc2cc(Br)c(OCc3ccc(Cl)cc3)c(OC)c2)cc1. The molecule has 5 nitrogen and oxygen atoms in total. The Balaban J connectivity index is 1.65. The Kier molecular flexibility index (Phi) is 8.20. The molecule has 0 amide bonds. The lowest BCUT2D eigenvalue weighted by Gasteiger charge is -2.15. The molecule has 0 aliphatic rings. The van der Waals surface area contributed by atoms with Crippen LogP contribution in [-0.2, 0) is 17.9 Å². The van der Waals surface area contributed by atoms with Gasteiger partial charge in [-0.2, -0.15) is 0 Å². The number of nitrogens with one attached hydrogen (secondary N) is 1. The fourth-order valence-corrected chi connectivity index (χ4v) is 3.62. The first kappa shape index (κ1) is 23.0. The van der Waals surface area contributed by atoms with E-state index >= 15 is 0 Å². The summed E-state index contributed by atoms with van der Waals surface area (Å²) in [5.74, 6) is 0.953. The van der Waals surface area contributed by atoms with Gasteiger partial charge in [0.15, 0.2) is 11.5 Å². The second-order valence-electron chi connectivity index (χ2n) is 6.68. The summed E-state index contributed by atoms with van der Waals surface area (Å²) in [6.45, 7) is 3.12. The number of ether oxygens (including phenoxy) is 3. The van der Waals surface area contributed by atoms with E-state index in [9.17, 15) is 4.79 Å². The fourth-order valence-electron chi connectivity index (χ4n) is 2.89. The number of halogens is 2. The van der Waals surface area contributed by atoms with Crippen molar-refractivity contribution in [2.24, 2.45) is 0 Å². The molecule has 0 fully saturated rings. The fraction of sp³-hybridized carbons (Fsp3) is 0.208. The molecule has 162 valence electrons. The number of benzene rings is 3. The summed E-state index contributed by atoms with van der Waals surface area (Å²) in [7, 11) is 1.61. The van der Waals surface area contributed by atoms with Crippen LogP contribution in [0.1, 0.15) is 28.4 Å². The van der Waals surface area contributed by atoms with Crippen LogP contribution in [0.25, 0.3) is 0 Å². The first-order valence-electron chi connectivity index (χ1n) is 9.75. The quantitative estimate of drug-likeness (QED) is 0.338. The number of carbonyl (C=O) groups is 1. The van der Waals surface area contributed by atoms with Gasteiger partial charge in [-0.05, 0) is 82.5 Å². The van der Waals surface area contributed by atoms with Gasteiger partial charge in [-0.25, -0.2) is 4.79 Å². The molecule has 1 N–H and O–H groups in total. The van der Waals surface area contributed by atoms with E-state index in [0.717, 1.165) is 21.3 Å². The van der Waals surface area contributed by atoms with Crippen molar-refractivity contribution < 1.29 is 19.0 Å². The zero-order valence-electron chi connectivity index (χ0n) is 17.3. The number of carbonyl (C=O) groups excluding carboxylic acids is 1. The van der Waals surface area contributed by atoms with Crippen LogP contribution >= 0.6 is 27.5 Å². The van der Waals surface area contributed by atoms with Crippen molar-refractivity contribution in [3.05, 3.63) is 86.8 Å². The van der Waals surface area contributed by atoms with E-state index in [1.807, 2.05) is 48.5 Å². The van der Waals surface area contributed by atoms with Crippen molar-refractivity contribution in [2.75, 3.05) is 19.0 Å². The second-order valence-corrected chi connectivity index (χ2v) is 7.97. The monoisotopic (exact) mass is 503 g/mol. The molecule has 0 atom stereocenters. The normalized spacial score (nSPS) is 10.5. The highest BCUT2D eigenvalue weighted by Crippen LogP contribution is 2.37. The summed E-state index contributed by atoms with van der Waals surface area (Å²) in [6, 6.07) is 18.6. The minimum atomic E-state index is -0.322. The minimum Gasteiger partial charge on any atom is -0.493 e. The van der Waals surface area contributed by atoms with Crippen molar-refractivity contribution in [3.63, 3.8) is 0 Å². The van der Waals surface area contributed by atoms with Gasteiger partial charge in [0.1, 0.15) is 6.61 Å². The van der Waals surface area contributed by atoms with Crippen LogP contribution in [0.5, 0.6) is 11.5 Å². The zero-order valence-corrected chi connectivity index (χ0v) is 19.6. The van der Waals surface area contributed by atoms with Crippen molar-refractivity contribution in [1.29, 1.82) is 0 Å². The largest absolute Gasteiger partial charge is 0.493 e. The number of anilines is 1. The second kappa shape index (κ2) is 11.1. The van der Waals surface area contributed by atoms with Gasteiger partial charge >= 0.3 is 5.97 Å². The highest BCUT2D eigenvalue weighted by molar-refractivity contribution is 9.10. The summed E-state index contributed by atoms with van der Waals surface area (Å²) >= 11 is 9.52. The van der Waals surface area contributed by atoms with Gasteiger partial charge in [0.05, 0.1) is 23.8 Å². The first-order valence-corrected chi connectivity index (χ1v) is 10.9. The molecule has 0 aromatic heterocycles. The molecular formula is C24H23BrClNO4. The van der Waals surface area contributed by atoms with Gasteiger partial charge in [-0.1, -0.05) is 23.7 Å². The van der Waals surface area contributed by atoms with Gasteiger partial charge in [0.25, 0.3) is 0 Å². The third-order valence-corrected chi connectivity index (χ3v) is 5.32. The van der Waals surface area contributed by atoms with Crippen LogP contribution in [-0.4, -0.2) is 19.7 Å². The molecule has 0 saturated carbocycles. The highest BCUT2D eigenvalue weighted by atomic mass is 79.9. The first-order chi connectivity index (χ1) is 15.0. The molecule has 0 bridgehead atoms. The maximum Gasteiger partial charge on any atom is 0.338 e. The highest BCUT2D eigenvalue weighted by Gasteiger charge is 2.12.